The summed E-state index contributed by atoms with van der Waals surface area (Å²) in [5, 5.41) is 7.45. The highest BCUT2D eigenvalue weighted by atomic mass is 15.1. The van der Waals surface area contributed by atoms with Crippen LogP contribution in [-0.2, 0) is 6.54 Å². The van der Waals surface area contributed by atoms with Gasteiger partial charge in [0.15, 0.2) is 0 Å². The minimum Gasteiger partial charge on any atom is -0.397 e. The van der Waals surface area contributed by atoms with Crippen LogP contribution in [0, 0.1) is 0 Å². The summed E-state index contributed by atoms with van der Waals surface area (Å²) in [6.45, 7) is 0.667. The van der Waals surface area contributed by atoms with Gasteiger partial charge < -0.3 is 10.6 Å². The molecule has 0 aliphatic rings. The van der Waals surface area contributed by atoms with Crippen LogP contribution in [-0.4, -0.2) is 0 Å². The third kappa shape index (κ3) is 5.67. The molecule has 2 nitrogen and oxygen atoms in total. The molecule has 0 unspecified atom stereocenters. The summed E-state index contributed by atoms with van der Waals surface area (Å²) in [7, 11) is 0. The molecule has 242 valence electrons. The number of para-hydroxylation sites is 2. The van der Waals surface area contributed by atoms with E-state index in [9.17, 15) is 0 Å². The largest absolute Gasteiger partial charge is 0.397 e. The molecule has 0 saturated heterocycles. The van der Waals surface area contributed by atoms with Crippen LogP contribution in [0.1, 0.15) is 5.56 Å². The molecule has 9 aromatic carbocycles. The summed E-state index contributed by atoms with van der Waals surface area (Å²) in [4.78, 5) is 2.34. The summed E-state index contributed by atoms with van der Waals surface area (Å²) in [6.07, 6.45) is 0. The van der Waals surface area contributed by atoms with Gasteiger partial charge in [0.2, 0.25) is 0 Å². The van der Waals surface area contributed by atoms with E-state index in [1.807, 2.05) is 12.1 Å². The second-order valence-corrected chi connectivity index (χ2v) is 13.2. The molecule has 0 spiro atoms. The maximum atomic E-state index is 6.70. The van der Waals surface area contributed by atoms with Crippen molar-refractivity contribution in [3.63, 3.8) is 0 Å². The Morgan fingerprint density at radius 1 is 0.373 bits per heavy atom. The molecular weight excluding hydrogens is 617 g/mol. The van der Waals surface area contributed by atoms with E-state index < -0.39 is 0 Å². The second-order valence-electron chi connectivity index (χ2n) is 13.2. The van der Waals surface area contributed by atoms with Crippen molar-refractivity contribution in [2.24, 2.45) is 0 Å². The Kier molecular flexibility index (Phi) is 7.75. The van der Waals surface area contributed by atoms with Crippen molar-refractivity contribution >= 4 is 49.4 Å². The van der Waals surface area contributed by atoms with Crippen molar-refractivity contribution in [3.8, 4) is 33.4 Å². The Hall–Kier alpha value is -6.64. The first kappa shape index (κ1) is 30.4. The number of nitrogen functional groups attached to an aromatic ring is 1. The normalized spacial score (nSPS) is 11.3. The number of benzene rings is 9. The van der Waals surface area contributed by atoms with E-state index in [2.05, 4.69) is 187 Å². The minimum absolute atomic E-state index is 0.667. The maximum Gasteiger partial charge on any atom is 0.0647 e. The van der Waals surface area contributed by atoms with Crippen molar-refractivity contribution < 1.29 is 0 Å². The zero-order chi connectivity index (χ0) is 34.1. The molecule has 2 N–H and O–H groups in total. The fourth-order valence-electron chi connectivity index (χ4n) is 7.64. The molecule has 2 heteroatoms. The molecule has 0 aliphatic heterocycles. The zero-order valence-corrected chi connectivity index (χ0v) is 28.2. The lowest BCUT2D eigenvalue weighted by Gasteiger charge is -2.27. The van der Waals surface area contributed by atoms with E-state index >= 15 is 0 Å². The summed E-state index contributed by atoms with van der Waals surface area (Å²) < 4.78 is 0. The zero-order valence-electron chi connectivity index (χ0n) is 28.2. The van der Waals surface area contributed by atoms with Crippen LogP contribution in [0.2, 0.25) is 0 Å². The van der Waals surface area contributed by atoms with E-state index in [4.69, 9.17) is 5.73 Å². The van der Waals surface area contributed by atoms with E-state index in [0.29, 0.717) is 6.54 Å². The van der Waals surface area contributed by atoms with Crippen molar-refractivity contribution in [2.45, 2.75) is 6.54 Å². The van der Waals surface area contributed by atoms with Gasteiger partial charge >= 0.3 is 0 Å². The lowest BCUT2D eigenvalue weighted by molar-refractivity contribution is 0.978. The molecule has 0 saturated carbocycles. The molecule has 0 aliphatic carbocycles. The fraction of sp³-hybridized carbons (Fsp3) is 0.0204. The molecule has 0 heterocycles. The summed E-state index contributed by atoms with van der Waals surface area (Å²) in [6, 6.07) is 69.7. The fourth-order valence-corrected chi connectivity index (χ4v) is 7.64. The van der Waals surface area contributed by atoms with Crippen molar-refractivity contribution in [3.05, 3.63) is 200 Å². The van der Waals surface area contributed by atoms with Crippen LogP contribution in [0.3, 0.4) is 0 Å². The number of hydrogen-bond donors (Lipinski definition) is 1. The van der Waals surface area contributed by atoms with E-state index in [-0.39, 0.29) is 0 Å². The van der Waals surface area contributed by atoms with Crippen molar-refractivity contribution in [1.82, 2.24) is 0 Å². The number of rotatable bonds is 7. The van der Waals surface area contributed by atoms with Gasteiger partial charge in [0.05, 0.1) is 11.4 Å². The molecule has 0 radical (unpaired) electrons. The first-order valence-corrected chi connectivity index (χ1v) is 17.5. The third-order valence-corrected chi connectivity index (χ3v) is 10.0. The number of nitrogens with two attached hydrogens (primary N) is 1. The lowest BCUT2D eigenvalue weighted by Crippen LogP contribution is -2.18. The summed E-state index contributed by atoms with van der Waals surface area (Å²) in [5.41, 5.74) is 18.0. The molecule has 9 rings (SSSR count). The van der Waals surface area contributed by atoms with Gasteiger partial charge in [-0.1, -0.05) is 158 Å². The molecule has 0 amide bonds. The number of anilines is 3. The van der Waals surface area contributed by atoms with Crippen LogP contribution in [0.15, 0.2) is 194 Å². The molecule has 0 atom stereocenters. The maximum absolute atomic E-state index is 6.70. The highest BCUT2D eigenvalue weighted by Gasteiger charge is 2.19. The Morgan fingerprint density at radius 3 is 1.63 bits per heavy atom. The monoisotopic (exact) mass is 652 g/mol. The predicted octanol–water partition coefficient (Wildman–Crippen LogP) is 13.1. The molecule has 0 bridgehead atoms. The highest BCUT2D eigenvalue weighted by molar-refractivity contribution is 6.21. The van der Waals surface area contributed by atoms with Gasteiger partial charge in [-0.2, -0.15) is 0 Å². The van der Waals surface area contributed by atoms with Crippen LogP contribution >= 0.6 is 0 Å². The van der Waals surface area contributed by atoms with Crippen molar-refractivity contribution in [2.75, 3.05) is 10.6 Å². The van der Waals surface area contributed by atoms with Gasteiger partial charge in [0.25, 0.3) is 0 Å². The molecule has 0 fully saturated rings. The Morgan fingerprint density at radius 2 is 0.922 bits per heavy atom. The summed E-state index contributed by atoms with van der Waals surface area (Å²) >= 11 is 0. The van der Waals surface area contributed by atoms with Crippen LogP contribution < -0.4 is 10.6 Å². The average Bonchev–Trinajstić information content (AvgIpc) is 3.19. The van der Waals surface area contributed by atoms with E-state index in [1.165, 1.54) is 71.3 Å². The van der Waals surface area contributed by atoms with Gasteiger partial charge in [-0.05, 0) is 108 Å². The van der Waals surface area contributed by atoms with Crippen LogP contribution in [0.4, 0.5) is 17.1 Å². The van der Waals surface area contributed by atoms with Gasteiger partial charge in [-0.15, -0.1) is 0 Å². The smallest absolute Gasteiger partial charge is 0.0647 e. The van der Waals surface area contributed by atoms with E-state index in [1.54, 1.807) is 0 Å². The number of nitrogens with zero attached hydrogens (tertiary/aromatic N) is 1. The van der Waals surface area contributed by atoms with E-state index in [0.717, 1.165) is 17.1 Å². The topological polar surface area (TPSA) is 29.3 Å². The Bertz CT molecular complexity index is 2640. The standard InChI is InChI=1S/C49H36N2/c50-46-26-10-11-27-47(46)51(33-34-14-12-19-37(30-34)35-15-2-1-3-16-35)41-21-13-20-39(32-41)48-42-22-6-8-24-44(42)49(45-25-9-7-23-43(45)48)40-29-28-36-17-4-5-18-38(36)31-40/h1-32H,33,50H2. The number of hydrogen-bond acceptors (Lipinski definition) is 2. The quantitative estimate of drug-likeness (QED) is 0.137. The molecular formula is C49H36N2. The van der Waals surface area contributed by atoms with Gasteiger partial charge in [-0.25, -0.2) is 0 Å². The van der Waals surface area contributed by atoms with Gasteiger partial charge in [0, 0.05) is 12.2 Å². The first-order valence-electron chi connectivity index (χ1n) is 17.5. The third-order valence-electron chi connectivity index (χ3n) is 10.0. The molecule has 0 aromatic heterocycles. The Balaban J connectivity index is 1.22. The molecule has 9 aromatic rings. The van der Waals surface area contributed by atoms with Crippen LogP contribution in [0.5, 0.6) is 0 Å². The average molecular weight is 653 g/mol. The minimum atomic E-state index is 0.667. The SMILES string of the molecule is Nc1ccccc1N(Cc1cccc(-c2ccccc2)c1)c1cccc(-c2c3ccccc3c(-c3ccc4ccccc4c3)c3ccccc23)c1. The van der Waals surface area contributed by atoms with Crippen molar-refractivity contribution in [1.29, 1.82) is 0 Å². The van der Waals surface area contributed by atoms with Gasteiger partial charge in [0.1, 0.15) is 0 Å². The lowest BCUT2D eigenvalue weighted by atomic mass is 9.85. The van der Waals surface area contributed by atoms with Crippen LogP contribution in [0.25, 0.3) is 65.7 Å². The predicted molar refractivity (Wildman–Crippen MR) is 218 cm³/mol. The second kappa shape index (κ2) is 13.0. The number of fused-ring (bicyclic) bond motifs is 3. The molecule has 51 heavy (non-hydrogen) atoms. The highest BCUT2D eigenvalue weighted by Crippen LogP contribution is 2.45. The van der Waals surface area contributed by atoms with Gasteiger partial charge in [-0.3, -0.25) is 0 Å². The first-order chi connectivity index (χ1) is 25.2. The summed E-state index contributed by atoms with van der Waals surface area (Å²) in [5.74, 6) is 0. The Labute approximate surface area is 298 Å².